The van der Waals surface area contributed by atoms with E-state index in [1.165, 1.54) is 7.11 Å². The molecule has 2 aromatic carbocycles. The summed E-state index contributed by atoms with van der Waals surface area (Å²) in [6.07, 6.45) is 2.04. The highest BCUT2D eigenvalue weighted by Gasteiger charge is 2.36. The molecule has 2 N–H and O–H groups in total. The molecule has 0 saturated heterocycles. The van der Waals surface area contributed by atoms with Crippen LogP contribution >= 0.6 is 0 Å². The van der Waals surface area contributed by atoms with E-state index >= 15 is 0 Å². The molecule has 0 aliphatic heterocycles. The number of hydrogen-bond donors (Lipinski definition) is 1. The Morgan fingerprint density at radius 2 is 1.85 bits per heavy atom. The molecule has 1 heterocycles. The fourth-order valence-electron chi connectivity index (χ4n) is 3.45. The van der Waals surface area contributed by atoms with E-state index in [1.807, 2.05) is 54.6 Å². The Morgan fingerprint density at radius 1 is 1.15 bits per heavy atom. The summed E-state index contributed by atoms with van der Waals surface area (Å²) in [6.45, 7) is 0. The first kappa shape index (κ1) is 17.6. The number of methoxy groups -OCH3 is 1. The predicted molar refractivity (Wildman–Crippen MR) is 100 cm³/mol. The number of rotatable bonds is 7. The molecule has 0 radical (unpaired) electrons. The average molecular weight is 350 g/mol. The van der Waals surface area contributed by atoms with E-state index < -0.39 is 11.9 Å². The van der Waals surface area contributed by atoms with Gasteiger partial charge in [0.2, 0.25) is 0 Å². The molecular formula is C21H20NO4+. The van der Waals surface area contributed by atoms with Crippen LogP contribution in [-0.2, 0) is 9.53 Å². The SMILES string of the molecule is COC(=O)C(c1[nH]c2ccccc2c1C=O)C(CC=[OH+])c1ccccc1. The molecule has 3 rings (SSSR count). The topological polar surface area (TPSA) is 80.6 Å². The van der Waals surface area contributed by atoms with Crippen molar-refractivity contribution >= 4 is 29.4 Å². The van der Waals surface area contributed by atoms with E-state index in [2.05, 4.69) is 4.98 Å². The number of H-pyrrole nitrogens is 1. The highest BCUT2D eigenvalue weighted by molar-refractivity contribution is 6.01. The van der Waals surface area contributed by atoms with Crippen molar-refractivity contribution in [2.24, 2.45) is 0 Å². The quantitative estimate of drug-likeness (QED) is 0.402. The van der Waals surface area contributed by atoms with Crippen molar-refractivity contribution in [2.75, 3.05) is 7.11 Å². The van der Waals surface area contributed by atoms with Crippen LogP contribution in [0.5, 0.6) is 0 Å². The maximum atomic E-state index is 12.7. The second-order valence-electron chi connectivity index (χ2n) is 6.05. The number of aromatic nitrogens is 1. The van der Waals surface area contributed by atoms with Crippen molar-refractivity contribution in [1.82, 2.24) is 4.98 Å². The zero-order chi connectivity index (χ0) is 18.5. The molecule has 26 heavy (non-hydrogen) atoms. The van der Waals surface area contributed by atoms with E-state index in [0.29, 0.717) is 11.3 Å². The minimum atomic E-state index is -0.751. The highest BCUT2D eigenvalue weighted by atomic mass is 16.5. The molecule has 132 valence electrons. The number of benzene rings is 2. The monoisotopic (exact) mass is 350 g/mol. The van der Waals surface area contributed by atoms with Gasteiger partial charge in [0.25, 0.3) is 6.29 Å². The third kappa shape index (κ3) is 3.16. The van der Waals surface area contributed by atoms with Gasteiger partial charge >= 0.3 is 5.97 Å². The Hall–Kier alpha value is -3.21. The third-order valence-electron chi connectivity index (χ3n) is 4.65. The third-order valence-corrected chi connectivity index (χ3v) is 4.65. The highest BCUT2D eigenvalue weighted by Crippen LogP contribution is 2.38. The number of hydrogen-bond acceptors (Lipinski definition) is 3. The van der Waals surface area contributed by atoms with E-state index in [9.17, 15) is 14.4 Å². The Labute approximate surface area is 151 Å². The Morgan fingerprint density at radius 3 is 2.50 bits per heavy atom. The minimum Gasteiger partial charge on any atom is -0.468 e. The van der Waals surface area contributed by atoms with E-state index in [-0.39, 0.29) is 12.3 Å². The summed E-state index contributed by atoms with van der Waals surface area (Å²) in [6, 6.07) is 16.8. The van der Waals surface area contributed by atoms with Crippen molar-refractivity contribution in [2.45, 2.75) is 18.3 Å². The van der Waals surface area contributed by atoms with Crippen LogP contribution in [0.15, 0.2) is 54.6 Å². The maximum Gasteiger partial charge on any atom is 0.315 e. The van der Waals surface area contributed by atoms with Crippen LogP contribution in [0, 0.1) is 0 Å². The number of fused-ring (bicyclic) bond motifs is 1. The normalized spacial score (nSPS) is 13.1. The van der Waals surface area contributed by atoms with Gasteiger partial charge in [-0.05, 0) is 11.6 Å². The molecule has 0 saturated carbocycles. The summed E-state index contributed by atoms with van der Waals surface area (Å²) < 4.78 is 5.04. The molecule has 0 amide bonds. The molecule has 5 nitrogen and oxygen atoms in total. The smallest absolute Gasteiger partial charge is 0.315 e. The molecule has 2 unspecified atom stereocenters. The summed E-state index contributed by atoms with van der Waals surface area (Å²) >= 11 is 0. The lowest BCUT2D eigenvalue weighted by Crippen LogP contribution is -2.24. The van der Waals surface area contributed by atoms with E-state index in [4.69, 9.17) is 4.74 Å². The number of ether oxygens (including phenoxy) is 1. The van der Waals surface area contributed by atoms with Crippen LogP contribution < -0.4 is 0 Å². The van der Waals surface area contributed by atoms with Crippen LogP contribution in [0.25, 0.3) is 10.9 Å². The molecular weight excluding hydrogens is 330 g/mol. The Bertz CT molecular complexity index is 930. The van der Waals surface area contributed by atoms with Crippen molar-refractivity contribution < 1.29 is 19.1 Å². The first-order chi connectivity index (χ1) is 12.7. The lowest BCUT2D eigenvalue weighted by Gasteiger charge is -2.23. The van der Waals surface area contributed by atoms with Gasteiger partial charge in [-0.3, -0.25) is 14.4 Å². The van der Waals surface area contributed by atoms with Crippen LogP contribution in [0.4, 0.5) is 0 Å². The zero-order valence-corrected chi connectivity index (χ0v) is 14.4. The first-order valence-electron chi connectivity index (χ1n) is 8.35. The van der Waals surface area contributed by atoms with Gasteiger partial charge in [0.05, 0.1) is 13.5 Å². The van der Waals surface area contributed by atoms with Crippen molar-refractivity contribution in [1.29, 1.82) is 0 Å². The Kier molecular flexibility index (Phi) is 5.27. The molecule has 3 aromatic rings. The summed E-state index contributed by atoms with van der Waals surface area (Å²) in [7, 11) is 1.32. The molecule has 2 atom stereocenters. The van der Waals surface area contributed by atoms with Crippen molar-refractivity contribution in [3.8, 4) is 0 Å². The molecule has 0 aliphatic carbocycles. The standard InChI is InChI=1S/C21H19NO4/c1-26-21(25)19(15(11-12-23)14-7-3-2-4-8-14)20-17(13-24)16-9-5-6-10-18(16)22-20/h2-10,12-13,15,19,22H,11H2,1H3/p+1. The minimum absolute atomic E-state index is 0.247. The van der Waals surface area contributed by atoms with Crippen LogP contribution in [-0.4, -0.2) is 35.4 Å². The van der Waals surface area contributed by atoms with Gasteiger partial charge in [-0.1, -0.05) is 48.5 Å². The predicted octanol–water partition coefficient (Wildman–Crippen LogP) is 3.59. The van der Waals surface area contributed by atoms with Crippen molar-refractivity contribution in [3.05, 3.63) is 71.4 Å². The summed E-state index contributed by atoms with van der Waals surface area (Å²) in [5, 5.41) is 0.756. The fraction of sp³-hybridized carbons (Fsp3) is 0.190. The maximum absolute atomic E-state index is 12.7. The lowest BCUT2D eigenvalue weighted by molar-refractivity contribution is -0.143. The van der Waals surface area contributed by atoms with E-state index in [0.717, 1.165) is 29.0 Å². The van der Waals surface area contributed by atoms with Crippen LogP contribution in [0.1, 0.15) is 39.9 Å². The number of carbonyl (C=O) groups is 2. The Balaban J connectivity index is 2.21. The molecule has 5 heteroatoms. The first-order valence-corrected chi connectivity index (χ1v) is 8.35. The second-order valence-corrected chi connectivity index (χ2v) is 6.05. The largest absolute Gasteiger partial charge is 0.468 e. The van der Waals surface area contributed by atoms with Gasteiger partial charge in [-0.15, -0.1) is 0 Å². The molecule has 0 aliphatic rings. The van der Waals surface area contributed by atoms with Gasteiger partial charge in [-0.25, -0.2) is 0 Å². The molecule has 0 fully saturated rings. The number of nitrogens with one attached hydrogen (secondary N) is 1. The number of para-hydroxylation sites is 1. The zero-order valence-electron chi connectivity index (χ0n) is 14.4. The molecule has 0 spiro atoms. The van der Waals surface area contributed by atoms with Gasteiger partial charge in [0.15, 0.2) is 6.29 Å². The number of esters is 1. The van der Waals surface area contributed by atoms with Gasteiger partial charge < -0.3 is 9.72 Å². The van der Waals surface area contributed by atoms with Crippen LogP contribution in [0.3, 0.4) is 0 Å². The second kappa shape index (κ2) is 7.78. The summed E-state index contributed by atoms with van der Waals surface area (Å²) in [5.41, 5.74) is 2.60. The molecule has 1 aromatic heterocycles. The molecule has 0 bridgehead atoms. The van der Waals surface area contributed by atoms with Crippen LogP contribution in [0.2, 0.25) is 0 Å². The number of carbonyl (C=O) groups excluding carboxylic acids is 3. The summed E-state index contributed by atoms with van der Waals surface area (Å²) in [4.78, 5) is 37.2. The van der Waals surface area contributed by atoms with Crippen molar-refractivity contribution in [3.63, 3.8) is 0 Å². The van der Waals surface area contributed by atoms with Gasteiger partial charge in [0.1, 0.15) is 5.92 Å². The summed E-state index contributed by atoms with van der Waals surface area (Å²) in [5.74, 6) is -1.59. The number of aldehydes is 2. The number of aromatic amines is 1. The fourth-order valence-corrected chi connectivity index (χ4v) is 3.45. The van der Waals surface area contributed by atoms with E-state index in [1.54, 1.807) is 0 Å². The van der Waals surface area contributed by atoms with Gasteiger partial charge in [0, 0.05) is 28.1 Å². The average Bonchev–Trinajstić information content (AvgIpc) is 3.06. The lowest BCUT2D eigenvalue weighted by atomic mass is 9.80. The van der Waals surface area contributed by atoms with Gasteiger partial charge in [-0.2, -0.15) is 0 Å².